The monoisotopic (exact) mass is 679 g/mol. The number of hydrogen-bond donors (Lipinski definition) is 1. The number of hydrogen-bond acceptors (Lipinski definition) is 11. The quantitative estimate of drug-likeness (QED) is 0.0873. The Kier molecular flexibility index (Phi) is 9.26. The van der Waals surface area contributed by atoms with Gasteiger partial charge in [0, 0.05) is 57.8 Å². The number of aryl methyl sites for hydroxylation is 2. The van der Waals surface area contributed by atoms with Crippen LogP contribution in [0.5, 0.6) is 0 Å². The summed E-state index contributed by atoms with van der Waals surface area (Å²) in [5.41, 5.74) is 7.19. The first kappa shape index (κ1) is 32.5. The molecular formula is C38H33N9O2S. The molecule has 0 spiro atoms. The van der Waals surface area contributed by atoms with Crippen LogP contribution in [0.1, 0.15) is 43.5 Å². The second kappa shape index (κ2) is 14.2. The van der Waals surface area contributed by atoms with Gasteiger partial charge in [-0.2, -0.15) is 9.49 Å². The number of anilines is 1. The van der Waals surface area contributed by atoms with E-state index in [0.717, 1.165) is 56.3 Å². The Hall–Kier alpha value is -6.01. The van der Waals surface area contributed by atoms with Crippen LogP contribution >= 0.6 is 11.5 Å². The fraction of sp³-hybridized carbons (Fsp3) is 0.184. The maximum atomic E-state index is 11.3. The van der Waals surface area contributed by atoms with Crippen molar-refractivity contribution < 1.29 is 4.92 Å². The van der Waals surface area contributed by atoms with Gasteiger partial charge in [0.2, 0.25) is 5.70 Å². The molecule has 0 saturated heterocycles. The number of azo groups is 3. The van der Waals surface area contributed by atoms with E-state index in [1.807, 2.05) is 79.7 Å². The van der Waals surface area contributed by atoms with Crippen LogP contribution in [-0.2, 0) is 6.42 Å². The lowest BCUT2D eigenvalue weighted by Crippen LogP contribution is -2.13. The zero-order chi connectivity index (χ0) is 34.6. The first-order valence-electron chi connectivity index (χ1n) is 16.4. The van der Waals surface area contributed by atoms with Gasteiger partial charge in [-0.1, -0.05) is 55.5 Å². The highest BCUT2D eigenvalue weighted by Crippen LogP contribution is 2.39. The van der Waals surface area contributed by atoms with Gasteiger partial charge in [0.1, 0.15) is 0 Å². The van der Waals surface area contributed by atoms with E-state index in [1.165, 1.54) is 11.5 Å². The highest BCUT2D eigenvalue weighted by molar-refractivity contribution is 7.10. The van der Waals surface area contributed by atoms with E-state index < -0.39 is 0 Å². The fourth-order valence-electron chi connectivity index (χ4n) is 5.78. The Labute approximate surface area is 292 Å². The van der Waals surface area contributed by atoms with Crippen molar-refractivity contribution in [3.05, 3.63) is 124 Å². The normalized spacial score (nSPS) is 13.8. The number of rotatable bonds is 10. The highest BCUT2D eigenvalue weighted by atomic mass is 32.1. The van der Waals surface area contributed by atoms with Crippen LogP contribution in [0, 0.1) is 17.0 Å². The van der Waals surface area contributed by atoms with E-state index in [-0.39, 0.29) is 10.6 Å². The molecule has 0 fully saturated rings. The SMILES string of the molecule is CCC(C)Nc1ccc(/N=N/c2ccc(/N=N/c3ccc(/N=N/c4snc5c4C=C([N+](=O)[O-])CC5)c(C)c3)c3ccccc23)c2ccccc12. The average molecular weight is 680 g/mol. The van der Waals surface area contributed by atoms with Gasteiger partial charge >= 0.3 is 0 Å². The molecule has 0 aliphatic heterocycles. The van der Waals surface area contributed by atoms with Gasteiger partial charge in [-0.05, 0) is 79.8 Å². The summed E-state index contributed by atoms with van der Waals surface area (Å²) >= 11 is 1.19. The molecule has 248 valence electrons. The molecule has 0 radical (unpaired) electrons. The van der Waals surface area contributed by atoms with Crippen molar-refractivity contribution in [1.82, 2.24) is 4.37 Å². The smallest absolute Gasteiger partial charge is 0.247 e. The molecule has 11 nitrogen and oxygen atoms in total. The Balaban J connectivity index is 1.11. The van der Waals surface area contributed by atoms with Crippen LogP contribution in [0.15, 0.2) is 127 Å². The topological polar surface area (TPSA) is 142 Å². The Morgan fingerprint density at radius 2 is 1.36 bits per heavy atom. The number of allylic oxidation sites excluding steroid dienone is 1. The number of nitrogens with zero attached hydrogens (tertiary/aromatic N) is 8. The molecule has 1 heterocycles. The molecule has 1 unspecified atom stereocenters. The third-order valence-corrected chi connectivity index (χ3v) is 9.49. The third kappa shape index (κ3) is 6.78. The van der Waals surface area contributed by atoms with E-state index >= 15 is 0 Å². The molecule has 6 aromatic rings. The summed E-state index contributed by atoms with van der Waals surface area (Å²) in [6.07, 6.45) is 3.48. The van der Waals surface area contributed by atoms with Crippen LogP contribution in [-0.4, -0.2) is 15.3 Å². The van der Waals surface area contributed by atoms with Crippen LogP contribution in [0.2, 0.25) is 0 Å². The van der Waals surface area contributed by atoms with Gasteiger partial charge in [-0.3, -0.25) is 10.1 Å². The maximum absolute atomic E-state index is 11.3. The summed E-state index contributed by atoms with van der Waals surface area (Å²) in [5, 5.41) is 46.7. The first-order valence-corrected chi connectivity index (χ1v) is 17.1. The summed E-state index contributed by atoms with van der Waals surface area (Å²) in [6, 6.07) is 30.0. The molecule has 1 aromatic heterocycles. The summed E-state index contributed by atoms with van der Waals surface area (Å²) in [7, 11) is 0. The molecule has 1 N–H and O–H groups in total. The van der Waals surface area contributed by atoms with E-state index in [2.05, 4.69) is 67.3 Å². The number of fused-ring (bicyclic) bond motifs is 3. The Morgan fingerprint density at radius 1 is 0.780 bits per heavy atom. The van der Waals surface area contributed by atoms with Crippen molar-refractivity contribution in [3.63, 3.8) is 0 Å². The predicted octanol–water partition coefficient (Wildman–Crippen LogP) is 12.8. The van der Waals surface area contributed by atoms with Gasteiger partial charge in [0.25, 0.3) is 0 Å². The maximum Gasteiger partial charge on any atom is 0.247 e. The molecule has 12 heteroatoms. The van der Waals surface area contributed by atoms with E-state index in [4.69, 9.17) is 5.11 Å². The number of benzene rings is 5. The van der Waals surface area contributed by atoms with Gasteiger partial charge in [-0.15, -0.1) is 25.6 Å². The van der Waals surface area contributed by atoms with Crippen molar-refractivity contribution in [1.29, 1.82) is 0 Å². The van der Waals surface area contributed by atoms with Crippen LogP contribution < -0.4 is 5.32 Å². The molecule has 0 bridgehead atoms. The van der Waals surface area contributed by atoms with Gasteiger partial charge in [0.15, 0.2) is 5.00 Å². The molecule has 5 aromatic carbocycles. The van der Waals surface area contributed by atoms with Gasteiger partial charge in [-0.25, -0.2) is 0 Å². The molecule has 7 rings (SSSR count). The summed E-state index contributed by atoms with van der Waals surface area (Å²) in [6.45, 7) is 6.27. The number of aromatic nitrogens is 1. The minimum atomic E-state index is -0.351. The standard InChI is InChI=1S/C38H33N9O2S/c1-4-24(3)39-33-17-18-35(28-10-6-5-9-27(28)33)43-44-36-20-19-34(29-11-7-8-12-30(29)36)42-40-25-13-15-32(23(2)21-25)41-45-38-31-22-26(47(48)49)14-16-37(31)46-50-38/h5-13,15,17-22,24,39H,4,14,16H2,1-3H3/b42-40+,44-43+,45-41+. The summed E-state index contributed by atoms with van der Waals surface area (Å²) in [5.74, 6) is 0. The second-order valence-electron chi connectivity index (χ2n) is 12.1. The summed E-state index contributed by atoms with van der Waals surface area (Å²) < 4.78 is 4.41. The van der Waals surface area contributed by atoms with Gasteiger partial charge < -0.3 is 5.32 Å². The highest BCUT2D eigenvalue weighted by Gasteiger charge is 2.23. The Morgan fingerprint density at radius 3 is 2.00 bits per heavy atom. The van der Waals surface area contributed by atoms with Gasteiger partial charge in [0.05, 0.1) is 39.1 Å². The van der Waals surface area contributed by atoms with E-state index in [0.29, 0.717) is 46.5 Å². The third-order valence-electron chi connectivity index (χ3n) is 8.71. The average Bonchev–Trinajstić information content (AvgIpc) is 3.55. The zero-order valence-electron chi connectivity index (χ0n) is 27.7. The zero-order valence-corrected chi connectivity index (χ0v) is 28.6. The predicted molar refractivity (Wildman–Crippen MR) is 200 cm³/mol. The molecule has 1 aliphatic rings. The lowest BCUT2D eigenvalue weighted by molar-refractivity contribution is -0.426. The lowest BCUT2D eigenvalue weighted by Gasteiger charge is -2.15. The lowest BCUT2D eigenvalue weighted by atomic mass is 10.0. The number of nitrogens with one attached hydrogen (secondary N) is 1. The molecule has 1 atom stereocenters. The molecule has 1 aliphatic carbocycles. The Bertz CT molecular complexity index is 2380. The summed E-state index contributed by atoms with van der Waals surface area (Å²) in [4.78, 5) is 10.9. The van der Waals surface area contributed by atoms with E-state index in [1.54, 1.807) is 6.08 Å². The van der Waals surface area contributed by atoms with Crippen molar-refractivity contribution in [2.75, 3.05) is 5.32 Å². The molecular weight excluding hydrogens is 647 g/mol. The van der Waals surface area contributed by atoms with Crippen molar-refractivity contribution in [2.45, 2.75) is 46.1 Å². The van der Waals surface area contributed by atoms with E-state index in [9.17, 15) is 10.1 Å². The first-order chi connectivity index (χ1) is 24.4. The minimum Gasteiger partial charge on any atom is -0.382 e. The van der Waals surface area contributed by atoms with Crippen molar-refractivity contribution >= 4 is 78.3 Å². The molecule has 0 saturated carbocycles. The molecule has 0 amide bonds. The largest absolute Gasteiger partial charge is 0.382 e. The van der Waals surface area contributed by atoms with Crippen molar-refractivity contribution in [2.24, 2.45) is 30.7 Å². The number of nitro groups is 1. The minimum absolute atomic E-state index is 0.164. The van der Waals surface area contributed by atoms with Crippen LogP contribution in [0.4, 0.5) is 39.1 Å². The fourth-order valence-corrected chi connectivity index (χ4v) is 6.52. The van der Waals surface area contributed by atoms with Crippen molar-refractivity contribution in [3.8, 4) is 0 Å². The molecule has 50 heavy (non-hydrogen) atoms. The van der Waals surface area contributed by atoms with Crippen LogP contribution in [0.25, 0.3) is 27.6 Å². The second-order valence-corrected chi connectivity index (χ2v) is 12.8. The van der Waals surface area contributed by atoms with Crippen LogP contribution in [0.3, 0.4) is 0 Å².